The van der Waals surface area contributed by atoms with Crippen LogP contribution in [0, 0.1) is 50.2 Å². The van der Waals surface area contributed by atoms with E-state index in [2.05, 4.69) is 47.6 Å². The summed E-state index contributed by atoms with van der Waals surface area (Å²) in [5, 5.41) is 120. The summed E-state index contributed by atoms with van der Waals surface area (Å²) in [7, 11) is 0. The molecule has 0 spiro atoms. The molecular weight excluding hydrogens is 865 g/mol. The first kappa shape index (κ1) is 50.9. The van der Waals surface area contributed by atoms with Crippen molar-refractivity contribution in [3.05, 3.63) is 11.6 Å². The summed E-state index contributed by atoms with van der Waals surface area (Å²) in [6, 6.07) is 0. The van der Waals surface area contributed by atoms with Crippen LogP contribution in [-0.2, 0) is 33.2 Å². The van der Waals surface area contributed by atoms with Gasteiger partial charge in [0.05, 0.1) is 31.5 Å². The van der Waals surface area contributed by atoms with E-state index in [9.17, 15) is 61.0 Å². The van der Waals surface area contributed by atoms with Crippen LogP contribution in [0.5, 0.6) is 0 Å². The summed E-state index contributed by atoms with van der Waals surface area (Å²) in [4.78, 5) is 12.5. The van der Waals surface area contributed by atoms with E-state index < -0.39 is 116 Å². The number of fused-ring (bicyclic) bond motifs is 7. The lowest BCUT2D eigenvalue weighted by atomic mass is 9.33. The number of rotatable bonds is 9. The minimum atomic E-state index is -2.07. The average Bonchev–Trinajstić information content (AvgIpc) is 3.25. The Hall–Kier alpha value is -1.43. The molecule has 7 fully saturated rings. The fraction of sp³-hybridized carbons (Fsp3) is 0.938. The van der Waals surface area contributed by atoms with Crippen molar-refractivity contribution in [3.63, 3.8) is 0 Å². The highest BCUT2D eigenvalue weighted by Crippen LogP contribution is 2.76. The number of hydrogen-bond acceptors (Lipinski definition) is 17. The molecule has 8 rings (SSSR count). The highest BCUT2D eigenvalue weighted by molar-refractivity contribution is 5.73. The molecule has 25 atom stereocenters. The molecule has 3 saturated heterocycles. The fourth-order valence-corrected chi connectivity index (χ4v) is 15.1. The predicted octanol–water partition coefficient (Wildman–Crippen LogP) is 0.705. The maximum Gasteiger partial charge on any atom is 0.335 e. The normalized spacial score (nSPS) is 55.9. The van der Waals surface area contributed by atoms with Crippen molar-refractivity contribution in [1.82, 2.24) is 0 Å². The quantitative estimate of drug-likeness (QED) is 0.112. The van der Waals surface area contributed by atoms with Gasteiger partial charge in [-0.05, 0) is 104 Å². The summed E-state index contributed by atoms with van der Waals surface area (Å²) >= 11 is 0. The molecule has 0 bridgehead atoms. The summed E-state index contributed by atoms with van der Waals surface area (Å²) in [5.41, 5.74) is -0.0545. The number of carboxylic acids is 1. The van der Waals surface area contributed by atoms with E-state index in [1.807, 2.05) is 6.92 Å². The molecule has 5 aliphatic carbocycles. The van der Waals surface area contributed by atoms with Gasteiger partial charge in [-0.2, -0.15) is 0 Å². The Labute approximate surface area is 387 Å². The Kier molecular flexibility index (Phi) is 13.7. The van der Waals surface area contributed by atoms with Gasteiger partial charge in [0.2, 0.25) is 0 Å². The van der Waals surface area contributed by atoms with Crippen LogP contribution in [-0.4, -0.2) is 180 Å². The lowest BCUT2D eigenvalue weighted by molar-refractivity contribution is -0.396. The van der Waals surface area contributed by atoms with Crippen molar-refractivity contribution in [2.24, 2.45) is 50.2 Å². The fourth-order valence-electron chi connectivity index (χ4n) is 15.1. The topological polar surface area (TPSA) is 295 Å². The van der Waals surface area contributed by atoms with Crippen molar-refractivity contribution in [1.29, 1.82) is 0 Å². The van der Waals surface area contributed by atoms with Crippen LogP contribution in [0.15, 0.2) is 11.6 Å². The minimum absolute atomic E-state index is 0.0166. The highest BCUT2D eigenvalue weighted by atomic mass is 16.8. The summed E-state index contributed by atoms with van der Waals surface area (Å²) in [6.45, 7) is 16.3. The number of aliphatic hydroxyl groups excluding tert-OH is 10. The zero-order valence-electron chi connectivity index (χ0n) is 39.7. The van der Waals surface area contributed by atoms with Crippen molar-refractivity contribution < 1.29 is 89.4 Å². The van der Waals surface area contributed by atoms with E-state index in [1.165, 1.54) is 12.5 Å². The van der Waals surface area contributed by atoms with Gasteiger partial charge in [-0.1, -0.05) is 60.1 Å². The lowest BCUT2D eigenvalue weighted by Crippen LogP contribution is -2.68. The van der Waals surface area contributed by atoms with Crippen molar-refractivity contribution in [2.75, 3.05) is 13.2 Å². The van der Waals surface area contributed by atoms with Gasteiger partial charge in [-0.3, -0.25) is 0 Å². The van der Waals surface area contributed by atoms with Crippen LogP contribution < -0.4 is 0 Å². The molecule has 0 aromatic rings. The molecular formula is C48H78O18. The summed E-state index contributed by atoms with van der Waals surface area (Å²) < 4.78 is 36.2. The molecule has 66 heavy (non-hydrogen) atoms. The zero-order chi connectivity index (χ0) is 48.4. The Morgan fingerprint density at radius 1 is 0.667 bits per heavy atom. The van der Waals surface area contributed by atoms with Crippen LogP contribution in [0.2, 0.25) is 0 Å². The first-order valence-corrected chi connectivity index (χ1v) is 24.3. The number of ether oxygens (including phenoxy) is 6. The van der Waals surface area contributed by atoms with Crippen LogP contribution in [0.25, 0.3) is 0 Å². The molecule has 1 unspecified atom stereocenters. The van der Waals surface area contributed by atoms with Gasteiger partial charge < -0.3 is 84.6 Å². The first-order chi connectivity index (χ1) is 30.7. The second-order valence-electron chi connectivity index (χ2n) is 23.6. The van der Waals surface area contributed by atoms with Crippen LogP contribution in [0.1, 0.15) is 113 Å². The highest BCUT2D eigenvalue weighted by Gasteiger charge is 2.70. The monoisotopic (exact) mass is 943 g/mol. The van der Waals surface area contributed by atoms with Gasteiger partial charge in [0.25, 0.3) is 0 Å². The van der Waals surface area contributed by atoms with E-state index in [1.54, 1.807) is 0 Å². The number of hydrogen-bond donors (Lipinski definition) is 11. The van der Waals surface area contributed by atoms with Crippen LogP contribution in [0.4, 0.5) is 0 Å². The van der Waals surface area contributed by atoms with E-state index in [-0.39, 0.29) is 57.5 Å². The standard InChI is InChI=1S/C48H78O18/c1-21-29(52)31(54)35(58)40(61-21)65-37-32(55)30(53)24(19-49)62-41(37)66-38-34(57)33(56)36(39(59)60)64-42(38)63-28-12-13-45(5)25(46(28,6)20-50)11-14-48(8)26(45)10-9-22-23-17-43(2,3)18-27(51)44(23,4)15-16-47(22,48)7/h9,21,23-38,40-42,49-58H,10-20H2,1-8H3,(H,59,60)/t21-,23-,24+,25+,26+,27+,28-,29-,30-,31+,32-,33-,34-,35+,36-,37+,38+,40-,41?,42+,44+,45-,46+,47+,48+/m0/s1. The average molecular weight is 943 g/mol. The Morgan fingerprint density at radius 2 is 1.30 bits per heavy atom. The molecule has 0 aromatic heterocycles. The molecule has 18 heteroatoms. The number of allylic oxidation sites excluding steroid dienone is 2. The predicted molar refractivity (Wildman–Crippen MR) is 231 cm³/mol. The Morgan fingerprint density at radius 3 is 1.94 bits per heavy atom. The van der Waals surface area contributed by atoms with Crippen molar-refractivity contribution in [3.8, 4) is 0 Å². The van der Waals surface area contributed by atoms with Gasteiger partial charge in [-0.15, -0.1) is 0 Å². The second-order valence-corrected chi connectivity index (χ2v) is 23.6. The SMILES string of the molecule is C[C@@H]1O[C@@H](O[C@H]2C(O[C@H]3[C@H](O[C@H]4CC[C@@]5(C)[C@@H](CC[C@]6(C)[C@@H]5CC=C5[C@@H]7CC(C)(C)C[C@@H](O)[C@]7(C)CC[C@]56C)[C@@]4(C)CO)O[C@H](C(=O)O)[C@@H](O)[C@@H]3O)O[C@H](CO)[C@H](O)[C@@H]2O)[C@H](O)[C@H](O)[C@H]1O. The Balaban J connectivity index is 1.08. The molecule has 3 heterocycles. The van der Waals surface area contributed by atoms with E-state index in [4.69, 9.17) is 28.4 Å². The third-order valence-electron chi connectivity index (χ3n) is 19.5. The molecule has 3 aliphatic heterocycles. The Bertz CT molecular complexity index is 1820. The van der Waals surface area contributed by atoms with Gasteiger partial charge in [0.1, 0.15) is 61.0 Å². The molecule has 8 aliphatic rings. The number of aliphatic hydroxyl groups is 10. The molecule has 4 saturated carbocycles. The van der Waals surface area contributed by atoms with E-state index in [0.29, 0.717) is 12.8 Å². The van der Waals surface area contributed by atoms with E-state index in [0.717, 1.165) is 44.9 Å². The second kappa shape index (κ2) is 17.7. The van der Waals surface area contributed by atoms with Gasteiger partial charge >= 0.3 is 5.97 Å². The number of carboxylic acid groups (broad SMARTS) is 1. The van der Waals surface area contributed by atoms with Gasteiger partial charge in [0.15, 0.2) is 25.0 Å². The maximum atomic E-state index is 12.5. The largest absolute Gasteiger partial charge is 0.479 e. The minimum Gasteiger partial charge on any atom is -0.479 e. The molecule has 0 amide bonds. The number of carbonyl (C=O) groups is 1. The van der Waals surface area contributed by atoms with Gasteiger partial charge in [-0.25, -0.2) is 4.79 Å². The molecule has 378 valence electrons. The first-order valence-electron chi connectivity index (χ1n) is 24.3. The number of aliphatic carboxylic acids is 1. The van der Waals surface area contributed by atoms with Crippen molar-refractivity contribution >= 4 is 5.97 Å². The lowest BCUT2D eigenvalue weighted by Gasteiger charge is -2.72. The van der Waals surface area contributed by atoms with E-state index >= 15 is 0 Å². The van der Waals surface area contributed by atoms with Crippen LogP contribution in [0.3, 0.4) is 0 Å². The van der Waals surface area contributed by atoms with Gasteiger partial charge in [0, 0.05) is 10.8 Å². The third kappa shape index (κ3) is 7.78. The van der Waals surface area contributed by atoms with Crippen molar-refractivity contribution in [2.45, 2.75) is 218 Å². The molecule has 0 radical (unpaired) electrons. The molecule has 18 nitrogen and oxygen atoms in total. The molecule has 0 aromatic carbocycles. The third-order valence-corrected chi connectivity index (χ3v) is 19.5. The summed E-state index contributed by atoms with van der Waals surface area (Å²) in [6.07, 6.45) is -17.6. The van der Waals surface area contributed by atoms with Crippen LogP contribution >= 0.6 is 0 Å². The maximum absolute atomic E-state index is 12.5. The summed E-state index contributed by atoms with van der Waals surface area (Å²) in [5.74, 6) is -1.16. The molecule has 11 N–H and O–H groups in total. The zero-order valence-corrected chi connectivity index (χ0v) is 39.7. The smallest absolute Gasteiger partial charge is 0.335 e.